The molecule has 0 aromatic heterocycles. The summed E-state index contributed by atoms with van der Waals surface area (Å²) < 4.78 is 11.0. The highest BCUT2D eigenvalue weighted by atomic mass is 16.5. The second kappa shape index (κ2) is 10.9. The van der Waals surface area contributed by atoms with Gasteiger partial charge in [0, 0.05) is 12.5 Å². The van der Waals surface area contributed by atoms with E-state index in [9.17, 15) is 14.4 Å². The van der Waals surface area contributed by atoms with Gasteiger partial charge in [0.1, 0.15) is 12.6 Å². The molecule has 3 atom stereocenters. The van der Waals surface area contributed by atoms with Crippen LogP contribution in [0.5, 0.6) is 0 Å². The SMILES string of the molecule is CC(C)CC(NC(=O)OCC1c2ccccc2-c2ccccc21)C(=O)NCC1CCC(C(=O)O)O1. The van der Waals surface area contributed by atoms with Crippen LogP contribution >= 0.6 is 0 Å². The number of carboxylic acids is 1. The van der Waals surface area contributed by atoms with Crippen LogP contribution in [0.15, 0.2) is 48.5 Å². The van der Waals surface area contributed by atoms with Crippen molar-refractivity contribution in [3.8, 4) is 11.1 Å². The standard InChI is InChI=1S/C27H32N2O6/c1-16(2)13-23(25(30)28-14-17-11-12-24(35-17)26(31)32)29-27(33)34-15-22-20-9-5-3-7-18(20)19-8-4-6-10-21(19)22/h3-10,16-17,22-24H,11-15H2,1-2H3,(H,28,30)(H,29,33)(H,31,32). The fourth-order valence-corrected chi connectivity index (χ4v) is 4.86. The molecule has 2 aromatic carbocycles. The summed E-state index contributed by atoms with van der Waals surface area (Å²) in [4.78, 5) is 36.6. The number of aliphatic carboxylic acids is 1. The molecular formula is C27H32N2O6. The number of carbonyl (C=O) groups excluding carboxylic acids is 2. The van der Waals surface area contributed by atoms with Crippen molar-refractivity contribution in [2.75, 3.05) is 13.2 Å². The van der Waals surface area contributed by atoms with E-state index in [0.717, 1.165) is 22.3 Å². The maximum Gasteiger partial charge on any atom is 0.407 e. The molecule has 0 spiro atoms. The van der Waals surface area contributed by atoms with Gasteiger partial charge in [0.25, 0.3) is 0 Å². The lowest BCUT2D eigenvalue weighted by Crippen LogP contribution is -2.49. The van der Waals surface area contributed by atoms with E-state index >= 15 is 0 Å². The van der Waals surface area contributed by atoms with Crippen molar-refractivity contribution in [3.63, 3.8) is 0 Å². The van der Waals surface area contributed by atoms with Crippen LogP contribution in [0.3, 0.4) is 0 Å². The van der Waals surface area contributed by atoms with Crippen LogP contribution in [0.4, 0.5) is 4.79 Å². The van der Waals surface area contributed by atoms with E-state index in [-0.39, 0.29) is 37.0 Å². The fraction of sp³-hybridized carbons (Fsp3) is 0.444. The van der Waals surface area contributed by atoms with E-state index in [1.165, 1.54) is 0 Å². The Morgan fingerprint density at radius 2 is 1.66 bits per heavy atom. The molecule has 1 saturated heterocycles. The minimum atomic E-state index is -0.992. The van der Waals surface area contributed by atoms with E-state index in [2.05, 4.69) is 34.9 Å². The third kappa shape index (κ3) is 5.82. The van der Waals surface area contributed by atoms with Gasteiger partial charge in [-0.25, -0.2) is 9.59 Å². The predicted molar refractivity (Wildman–Crippen MR) is 130 cm³/mol. The number of fused-ring (bicyclic) bond motifs is 3. The summed E-state index contributed by atoms with van der Waals surface area (Å²) in [5.41, 5.74) is 4.53. The van der Waals surface area contributed by atoms with Crippen LogP contribution in [-0.4, -0.2) is 54.5 Å². The molecule has 186 valence electrons. The summed E-state index contributed by atoms with van der Waals surface area (Å²) in [5, 5.41) is 14.6. The number of hydrogen-bond acceptors (Lipinski definition) is 5. The lowest BCUT2D eigenvalue weighted by atomic mass is 9.98. The van der Waals surface area contributed by atoms with Crippen molar-refractivity contribution in [2.24, 2.45) is 5.92 Å². The van der Waals surface area contributed by atoms with E-state index in [4.69, 9.17) is 14.6 Å². The van der Waals surface area contributed by atoms with Crippen molar-refractivity contribution in [1.82, 2.24) is 10.6 Å². The zero-order valence-corrected chi connectivity index (χ0v) is 20.0. The largest absolute Gasteiger partial charge is 0.479 e. The molecule has 1 aliphatic heterocycles. The predicted octanol–water partition coefficient (Wildman–Crippen LogP) is 3.69. The van der Waals surface area contributed by atoms with Crippen molar-refractivity contribution in [2.45, 2.75) is 57.3 Å². The number of carbonyl (C=O) groups is 3. The zero-order valence-electron chi connectivity index (χ0n) is 20.0. The Morgan fingerprint density at radius 1 is 1.03 bits per heavy atom. The molecule has 1 fully saturated rings. The van der Waals surface area contributed by atoms with Gasteiger partial charge in [0.15, 0.2) is 6.10 Å². The van der Waals surface area contributed by atoms with Crippen LogP contribution in [-0.2, 0) is 19.1 Å². The number of nitrogens with one attached hydrogen (secondary N) is 2. The van der Waals surface area contributed by atoms with Gasteiger partial charge >= 0.3 is 12.1 Å². The summed E-state index contributed by atoms with van der Waals surface area (Å²) in [7, 11) is 0. The first-order valence-corrected chi connectivity index (χ1v) is 12.1. The average Bonchev–Trinajstić information content (AvgIpc) is 3.44. The number of carboxylic acid groups (broad SMARTS) is 1. The topological polar surface area (TPSA) is 114 Å². The highest BCUT2D eigenvalue weighted by Crippen LogP contribution is 2.44. The lowest BCUT2D eigenvalue weighted by molar-refractivity contribution is -0.149. The second-order valence-electron chi connectivity index (χ2n) is 9.56. The van der Waals surface area contributed by atoms with Gasteiger partial charge in [-0.15, -0.1) is 0 Å². The fourth-order valence-electron chi connectivity index (χ4n) is 4.86. The maximum absolute atomic E-state index is 12.8. The van der Waals surface area contributed by atoms with E-state index < -0.39 is 24.2 Å². The van der Waals surface area contributed by atoms with Gasteiger partial charge in [-0.1, -0.05) is 62.4 Å². The van der Waals surface area contributed by atoms with Crippen molar-refractivity contribution in [1.29, 1.82) is 0 Å². The van der Waals surface area contributed by atoms with Gasteiger partial charge < -0.3 is 25.2 Å². The van der Waals surface area contributed by atoms with Crippen LogP contribution in [0.2, 0.25) is 0 Å². The van der Waals surface area contributed by atoms with E-state index in [1.807, 2.05) is 38.1 Å². The van der Waals surface area contributed by atoms with Crippen molar-refractivity contribution in [3.05, 3.63) is 59.7 Å². The Bertz CT molecular complexity index is 1040. The van der Waals surface area contributed by atoms with E-state index in [1.54, 1.807) is 0 Å². The lowest BCUT2D eigenvalue weighted by Gasteiger charge is -2.22. The van der Waals surface area contributed by atoms with Crippen LogP contribution in [0, 0.1) is 5.92 Å². The number of benzene rings is 2. The van der Waals surface area contributed by atoms with Gasteiger partial charge in [0.2, 0.25) is 5.91 Å². The summed E-state index contributed by atoms with van der Waals surface area (Å²) in [6.45, 7) is 4.31. The Balaban J connectivity index is 1.33. The molecule has 4 rings (SSSR count). The molecule has 1 heterocycles. The average molecular weight is 481 g/mol. The molecule has 0 radical (unpaired) electrons. The third-order valence-electron chi connectivity index (χ3n) is 6.55. The molecule has 2 amide bonds. The number of ether oxygens (including phenoxy) is 2. The number of alkyl carbamates (subject to hydrolysis) is 1. The first-order chi connectivity index (χ1) is 16.8. The second-order valence-corrected chi connectivity index (χ2v) is 9.56. The van der Waals surface area contributed by atoms with Crippen molar-refractivity contribution >= 4 is 18.0 Å². The normalized spacial score (nSPS) is 19.6. The summed E-state index contributed by atoms with van der Waals surface area (Å²) in [6.07, 6.45) is -0.402. The quantitative estimate of drug-likeness (QED) is 0.504. The van der Waals surface area contributed by atoms with Gasteiger partial charge in [0.05, 0.1) is 6.10 Å². The minimum Gasteiger partial charge on any atom is -0.479 e. The van der Waals surface area contributed by atoms with Gasteiger partial charge in [-0.2, -0.15) is 0 Å². The molecule has 0 bridgehead atoms. The Labute approximate surface area is 205 Å². The molecule has 3 unspecified atom stereocenters. The maximum atomic E-state index is 12.8. The van der Waals surface area contributed by atoms with Crippen LogP contribution in [0.25, 0.3) is 11.1 Å². The minimum absolute atomic E-state index is 0.0628. The Morgan fingerprint density at radius 3 is 2.23 bits per heavy atom. The van der Waals surface area contributed by atoms with E-state index in [0.29, 0.717) is 19.3 Å². The van der Waals surface area contributed by atoms with Crippen LogP contribution in [0.1, 0.15) is 50.2 Å². The molecule has 2 aromatic rings. The molecule has 0 saturated carbocycles. The van der Waals surface area contributed by atoms with Gasteiger partial charge in [-0.3, -0.25) is 4.79 Å². The highest BCUT2D eigenvalue weighted by Gasteiger charge is 2.32. The highest BCUT2D eigenvalue weighted by molar-refractivity contribution is 5.85. The third-order valence-corrected chi connectivity index (χ3v) is 6.55. The Kier molecular flexibility index (Phi) is 7.70. The Hall–Kier alpha value is -3.39. The molecule has 1 aliphatic carbocycles. The summed E-state index contributed by atoms with van der Waals surface area (Å²) in [5.74, 6) is -1.23. The molecule has 8 nitrogen and oxygen atoms in total. The first kappa shape index (κ1) is 24.7. The van der Waals surface area contributed by atoms with Gasteiger partial charge in [-0.05, 0) is 47.4 Å². The zero-order chi connectivity index (χ0) is 24.9. The van der Waals surface area contributed by atoms with Crippen LogP contribution < -0.4 is 10.6 Å². The van der Waals surface area contributed by atoms with Crippen molar-refractivity contribution < 1.29 is 29.0 Å². The number of hydrogen-bond donors (Lipinski definition) is 3. The summed E-state index contributed by atoms with van der Waals surface area (Å²) in [6, 6.07) is 15.4. The molecule has 35 heavy (non-hydrogen) atoms. The molecule has 3 N–H and O–H groups in total. The first-order valence-electron chi connectivity index (χ1n) is 12.1. The molecular weight excluding hydrogens is 448 g/mol. The molecule has 2 aliphatic rings. The summed E-state index contributed by atoms with van der Waals surface area (Å²) >= 11 is 0. The number of rotatable bonds is 9. The number of amides is 2. The smallest absolute Gasteiger partial charge is 0.407 e. The monoisotopic (exact) mass is 480 g/mol. The molecule has 8 heteroatoms.